The van der Waals surface area contributed by atoms with Crippen molar-refractivity contribution in [2.24, 2.45) is 83.3 Å². The van der Waals surface area contributed by atoms with Crippen LogP contribution >= 0.6 is 0 Å². The second kappa shape index (κ2) is 74.6. The lowest BCUT2D eigenvalue weighted by molar-refractivity contribution is -0.147. The molecule has 0 saturated carbocycles. The van der Waals surface area contributed by atoms with Gasteiger partial charge in [0.15, 0.2) is 0 Å². The Hall–Kier alpha value is -2.57. The molecule has 0 heterocycles. The summed E-state index contributed by atoms with van der Waals surface area (Å²) in [6.45, 7) is 49.1. The van der Waals surface area contributed by atoms with Crippen molar-refractivity contribution in [3.05, 3.63) is 0 Å². The molecule has 0 rings (SSSR count). The van der Waals surface area contributed by atoms with Crippen molar-refractivity contribution in [2.75, 3.05) is 277 Å². The molecule has 0 amide bonds. The Morgan fingerprint density at radius 1 is 0.268 bits per heavy atom. The number of carbonyl (C=O) groups excluding carboxylic acids is 1. The Balaban J connectivity index is -0.000000573. The average molecular weight is 1410 g/mol. The summed E-state index contributed by atoms with van der Waals surface area (Å²) in [5.41, 5.74) is 25.1. The second-order valence-corrected chi connectivity index (χ2v) is 24.6. The summed E-state index contributed by atoms with van der Waals surface area (Å²) in [5, 5.41) is 0. The van der Waals surface area contributed by atoms with Gasteiger partial charge in [-0.15, -0.1) is 0 Å². The topological polar surface area (TPSA) is 368 Å². The summed E-state index contributed by atoms with van der Waals surface area (Å²) in [5.74, 6) is 2.22. The molecule has 0 unspecified atom stereocenters. The predicted molar refractivity (Wildman–Crippen MR) is 388 cm³/mol. The molecule has 0 aliphatic heterocycles. The van der Waals surface area contributed by atoms with Crippen molar-refractivity contribution < 1.29 is 97.0 Å². The van der Waals surface area contributed by atoms with E-state index >= 15 is 0 Å². The number of ketones is 1. The molecule has 0 aromatic heterocycles. The molecule has 0 spiro atoms. The fraction of sp³-hybridized carbons (Fsp3) is 0.928. The van der Waals surface area contributed by atoms with Crippen molar-refractivity contribution in [1.29, 1.82) is 0 Å². The summed E-state index contributed by atoms with van der Waals surface area (Å²) >= 11 is 0. The highest BCUT2D eigenvalue weighted by atomic mass is 16.7. The van der Waals surface area contributed by atoms with Gasteiger partial charge in [0.25, 0.3) is 0 Å². The highest BCUT2D eigenvalue weighted by molar-refractivity contribution is 5.84. The van der Waals surface area contributed by atoms with Gasteiger partial charge in [0.1, 0.15) is 19.4 Å². The summed E-state index contributed by atoms with van der Waals surface area (Å²) in [6, 6.07) is 0. The van der Waals surface area contributed by atoms with Crippen molar-refractivity contribution in [2.45, 2.75) is 104 Å². The third-order valence-corrected chi connectivity index (χ3v) is 14.2. The van der Waals surface area contributed by atoms with E-state index < -0.39 is 10.8 Å². The number of hydrogen-bond donors (Lipinski definition) is 4. The minimum Gasteiger partial charge on any atom is -1.00 e. The molecule has 10 N–H and O–H groups in total. The van der Waals surface area contributed by atoms with E-state index in [-0.39, 0.29) is 32.2 Å². The molecule has 0 aliphatic carbocycles. The van der Waals surface area contributed by atoms with Crippen LogP contribution in [0.25, 0.3) is 0 Å². The number of nitrogens with zero attached hydrogens (tertiary/aromatic N) is 4. The summed E-state index contributed by atoms with van der Waals surface area (Å²) < 4.78 is 104. The van der Waals surface area contributed by atoms with E-state index in [0.717, 1.165) is 22.8 Å². The van der Waals surface area contributed by atoms with Gasteiger partial charge in [-0.2, -0.15) is 0 Å². The lowest BCUT2D eigenvalue weighted by Crippen LogP contribution is -2.42. The zero-order valence-corrected chi connectivity index (χ0v) is 63.4. The van der Waals surface area contributed by atoms with Crippen LogP contribution in [0.15, 0.2) is 20.0 Å². The number of ether oxygens (including phenoxy) is 18. The molecule has 97 heavy (non-hydrogen) atoms. The normalized spacial score (nSPS) is 13.2. The Kier molecular flexibility index (Phi) is 77.5. The Morgan fingerprint density at radius 2 is 0.433 bits per heavy atom. The molecule has 0 saturated heterocycles. The van der Waals surface area contributed by atoms with Crippen LogP contribution in [0.3, 0.4) is 0 Å². The maximum atomic E-state index is 10.1. The lowest BCUT2D eigenvalue weighted by atomic mass is 9.92. The first-order valence-electron chi connectivity index (χ1n) is 34.9. The highest BCUT2D eigenvalue weighted by Crippen LogP contribution is 2.23. The minimum absolute atomic E-state index is 0. The van der Waals surface area contributed by atoms with Crippen molar-refractivity contribution in [1.82, 2.24) is 0 Å². The first-order valence-corrected chi connectivity index (χ1v) is 34.9. The Bertz CT molecular complexity index is 1680. The van der Waals surface area contributed by atoms with Gasteiger partial charge in [-0.25, -0.2) is 0 Å². The molecule has 0 aromatic carbocycles. The van der Waals surface area contributed by atoms with Crippen LogP contribution in [0.2, 0.25) is 0 Å². The molecule has 0 radical (unpaired) electrons. The van der Waals surface area contributed by atoms with Crippen LogP contribution in [0.4, 0.5) is 0 Å². The van der Waals surface area contributed by atoms with E-state index in [4.69, 9.17) is 108 Å². The van der Waals surface area contributed by atoms with E-state index in [1.54, 1.807) is 6.92 Å². The standard InChI is InChI=1S/C42H82N4O9.C22H50N4O9.C5H10O.H2O.H/c1-34(2)38(9)43-13-17-47-21-25-51-29-42(30-52-26-22-48-18-14-44-39(10)35(3)4,31-53-27-23-49-19-15-45-40(11)36(5)6)32-55-33-54-28-24-50-20-16-46-41(12)37(7)8;23-1-5-27-9-13-31-17-22(18-32-14-10-28-6-2-24,19-33-15-11-29-7-3-25)20-35-21-34-16-12-30-8-4-26;1-4(2)5(3)6;;/h34-37H,13-33H2,1-12H3;1-21,23-26H2;4H,1-3H3;1H2;/q;;;;-1/i;;;;1+1. The Morgan fingerprint density at radius 3 is 0.608 bits per heavy atom. The zero-order chi connectivity index (χ0) is 72.0. The first-order chi connectivity index (χ1) is 46.2. The maximum Gasteiger partial charge on any atom is 0.146 e. The SMILES string of the molecule is CC(=NCCOCCOCOCC(COCCOCCN=C(C)C(C)C)(COCCOCCN=C(C)C(C)C)COCCOCCN=C(C)C(C)C)C(C)C.CC(=O)C(C)C.NCCOCCOCOCC(COCCOCCN)(COCCOCCN)COCCOCCN.O.[2H-]. The Labute approximate surface area is 588 Å². The zero-order valence-electron chi connectivity index (χ0n) is 64.4. The molecule has 0 aliphatic rings. The average Bonchev–Trinajstić information content (AvgIpc) is 0.951. The fourth-order valence-corrected chi connectivity index (χ4v) is 6.95. The van der Waals surface area contributed by atoms with Gasteiger partial charge >= 0.3 is 0 Å². The number of hydrogen-bond acceptors (Lipinski definition) is 27. The summed E-state index contributed by atoms with van der Waals surface area (Å²) in [7, 11) is 0. The van der Waals surface area contributed by atoms with E-state index in [1.165, 1.54) is 0 Å². The van der Waals surface area contributed by atoms with E-state index in [0.29, 0.717) is 287 Å². The molecule has 0 atom stereocenters. The van der Waals surface area contributed by atoms with Gasteiger partial charge in [-0.05, 0) is 58.3 Å². The molecule has 582 valence electrons. The molecule has 28 heteroatoms. The van der Waals surface area contributed by atoms with Crippen LogP contribution in [0, 0.1) is 40.4 Å². The van der Waals surface area contributed by atoms with Crippen molar-refractivity contribution in [3.63, 3.8) is 0 Å². The highest BCUT2D eigenvalue weighted by Gasteiger charge is 2.34. The van der Waals surface area contributed by atoms with Gasteiger partial charge in [-0.1, -0.05) is 69.2 Å². The third kappa shape index (κ3) is 70.3. The largest absolute Gasteiger partial charge is 1.00 e. The number of rotatable bonds is 69. The van der Waals surface area contributed by atoms with E-state index in [9.17, 15) is 4.79 Å². The van der Waals surface area contributed by atoms with Gasteiger partial charge < -0.3 is 115 Å². The maximum absolute atomic E-state index is 10.1. The number of Topliss-reactive ketones (excluding diaryl/α,β-unsaturated/α-hetero) is 1. The number of aliphatic imine (C=N–C) groups is 4. The predicted octanol–water partition coefficient (Wildman–Crippen LogP) is 4.98. The molecule has 0 aromatic rings. The van der Waals surface area contributed by atoms with E-state index in [1.807, 2.05) is 20.8 Å². The van der Waals surface area contributed by atoms with Gasteiger partial charge in [0.2, 0.25) is 0 Å². The van der Waals surface area contributed by atoms with Gasteiger partial charge in [0, 0.05) is 54.9 Å². The summed E-state index contributed by atoms with van der Waals surface area (Å²) in [6.07, 6.45) is 0. The molecule has 0 bridgehead atoms. The molecular weight excluding hydrogens is 1260 g/mol. The third-order valence-electron chi connectivity index (χ3n) is 14.2. The molecule has 28 nitrogen and oxygen atoms in total. The fourth-order valence-electron chi connectivity index (χ4n) is 6.95. The summed E-state index contributed by atoms with van der Waals surface area (Å²) in [4.78, 5) is 28.4. The second-order valence-electron chi connectivity index (χ2n) is 24.6. The number of nitrogens with two attached hydrogens (primary N) is 4. The number of carbonyl (C=O) groups is 1. The van der Waals surface area contributed by atoms with E-state index in [2.05, 4.69) is 96.1 Å². The smallest absolute Gasteiger partial charge is 0.146 e. The van der Waals surface area contributed by atoms with Crippen molar-refractivity contribution >= 4 is 28.6 Å². The van der Waals surface area contributed by atoms with Gasteiger partial charge in [-0.3, -0.25) is 24.8 Å². The monoisotopic (exact) mass is 1410 g/mol. The minimum atomic E-state index is -0.609. The first kappa shape index (κ1) is 101. The lowest BCUT2D eigenvalue weighted by Gasteiger charge is -2.33. The van der Waals surface area contributed by atoms with Crippen molar-refractivity contribution in [3.8, 4) is 0 Å². The van der Waals surface area contributed by atoms with Crippen LogP contribution in [-0.4, -0.2) is 311 Å². The van der Waals surface area contributed by atoms with Crippen LogP contribution < -0.4 is 22.9 Å². The van der Waals surface area contributed by atoms with Gasteiger partial charge in [0.05, 0.1) is 248 Å². The van der Waals surface area contributed by atoms with Crippen LogP contribution in [0.5, 0.6) is 0 Å². The molecule has 0 fully saturated rings. The molecular formula is C69H145N8O20-. The van der Waals surface area contributed by atoms with Crippen LogP contribution in [-0.2, 0) is 90.1 Å². The van der Waals surface area contributed by atoms with Crippen LogP contribution in [0.1, 0.15) is 105 Å². The quantitative estimate of drug-likeness (QED) is 0.0354.